The minimum Gasteiger partial charge on any atom is -0.492 e. The Hall–Kier alpha value is -0.470. The number of ether oxygens (including phenoxy) is 1. The molecular formula is C8H7Cl2FO. The van der Waals surface area contributed by atoms with E-state index in [1.165, 1.54) is 12.1 Å². The lowest BCUT2D eigenvalue weighted by Crippen LogP contribution is -1.93. The minimum atomic E-state index is -0.635. The number of rotatable bonds is 2. The van der Waals surface area contributed by atoms with E-state index < -0.39 is 5.82 Å². The van der Waals surface area contributed by atoms with E-state index in [2.05, 4.69) is 0 Å². The van der Waals surface area contributed by atoms with E-state index in [9.17, 15) is 4.39 Å². The predicted molar refractivity (Wildman–Crippen MR) is 47.6 cm³/mol. The van der Waals surface area contributed by atoms with Gasteiger partial charge in [-0.25, -0.2) is 4.39 Å². The smallest absolute Gasteiger partial charge is 0.164 e. The molecule has 0 aliphatic rings. The summed E-state index contributed by atoms with van der Waals surface area (Å²) in [5.74, 6) is -0.314. The molecule has 1 aromatic rings. The molecule has 0 fully saturated rings. The Bertz CT molecular complexity index is 289. The Labute approximate surface area is 80.0 Å². The lowest BCUT2D eigenvalue weighted by molar-refractivity contribution is 0.338. The lowest BCUT2D eigenvalue weighted by Gasteiger charge is -2.05. The highest BCUT2D eigenvalue weighted by molar-refractivity contribution is 6.35. The summed E-state index contributed by atoms with van der Waals surface area (Å²) in [6, 6.07) is 2.95. The average Bonchev–Trinajstić information content (AvgIpc) is 2.07. The summed E-state index contributed by atoms with van der Waals surface area (Å²) in [6.45, 7) is 2.24. The molecule has 0 aromatic heterocycles. The van der Waals surface area contributed by atoms with E-state index in [0.29, 0.717) is 12.4 Å². The predicted octanol–water partition coefficient (Wildman–Crippen LogP) is 3.53. The van der Waals surface area contributed by atoms with Crippen LogP contribution in [0.5, 0.6) is 5.75 Å². The van der Waals surface area contributed by atoms with Gasteiger partial charge in [0.05, 0.1) is 11.6 Å². The highest BCUT2D eigenvalue weighted by Gasteiger charge is 2.10. The lowest BCUT2D eigenvalue weighted by atomic mass is 10.3. The molecule has 0 aliphatic carbocycles. The molecule has 0 bridgehead atoms. The summed E-state index contributed by atoms with van der Waals surface area (Å²) in [4.78, 5) is 0. The number of hydrogen-bond acceptors (Lipinski definition) is 1. The van der Waals surface area contributed by atoms with Gasteiger partial charge >= 0.3 is 0 Å². The summed E-state index contributed by atoms with van der Waals surface area (Å²) >= 11 is 11.1. The summed E-state index contributed by atoms with van der Waals surface area (Å²) in [6.07, 6.45) is 0. The second-order valence-electron chi connectivity index (χ2n) is 2.11. The van der Waals surface area contributed by atoms with Crippen LogP contribution in [0.1, 0.15) is 6.92 Å². The summed E-state index contributed by atoms with van der Waals surface area (Å²) in [5, 5.41) is -0.0622. The molecule has 0 N–H and O–H groups in total. The van der Waals surface area contributed by atoms with Gasteiger partial charge in [0.25, 0.3) is 0 Å². The van der Waals surface area contributed by atoms with E-state index in [-0.39, 0.29) is 10.0 Å². The van der Waals surface area contributed by atoms with E-state index in [1.807, 2.05) is 0 Å². The van der Waals surface area contributed by atoms with Crippen LogP contribution in [-0.2, 0) is 0 Å². The number of hydrogen-bond donors (Lipinski definition) is 0. The molecule has 0 radical (unpaired) electrons. The Morgan fingerprint density at radius 1 is 1.42 bits per heavy atom. The van der Waals surface area contributed by atoms with Crippen molar-refractivity contribution in [1.82, 2.24) is 0 Å². The van der Waals surface area contributed by atoms with E-state index in [0.717, 1.165) is 0 Å². The normalized spacial score (nSPS) is 10.0. The fourth-order valence-electron chi connectivity index (χ4n) is 0.775. The molecule has 1 aromatic carbocycles. The zero-order valence-electron chi connectivity index (χ0n) is 6.40. The zero-order valence-corrected chi connectivity index (χ0v) is 7.92. The Balaban J connectivity index is 3.08. The van der Waals surface area contributed by atoms with Gasteiger partial charge in [-0.1, -0.05) is 23.2 Å². The molecule has 0 amide bonds. The fraction of sp³-hybridized carbons (Fsp3) is 0.250. The number of halogens is 3. The molecule has 1 rings (SSSR count). The standard InChI is InChI=1S/C8H7Cl2FO/c1-2-12-6-4-3-5(9)8(11)7(6)10/h3-4H,2H2,1H3. The Kier molecular flexibility index (Phi) is 3.18. The van der Waals surface area contributed by atoms with E-state index >= 15 is 0 Å². The molecule has 0 saturated heterocycles. The van der Waals surface area contributed by atoms with Crippen molar-refractivity contribution in [1.29, 1.82) is 0 Å². The summed E-state index contributed by atoms with van der Waals surface area (Å²) in [5.41, 5.74) is 0. The van der Waals surface area contributed by atoms with Crippen LogP contribution >= 0.6 is 23.2 Å². The Morgan fingerprint density at radius 3 is 2.67 bits per heavy atom. The van der Waals surface area contributed by atoms with E-state index in [4.69, 9.17) is 27.9 Å². The molecule has 0 heterocycles. The quantitative estimate of drug-likeness (QED) is 0.677. The van der Waals surface area contributed by atoms with Crippen LogP contribution in [0.3, 0.4) is 0 Å². The van der Waals surface area contributed by atoms with E-state index in [1.54, 1.807) is 6.92 Å². The largest absolute Gasteiger partial charge is 0.492 e. The maximum absolute atomic E-state index is 13.0. The van der Waals surface area contributed by atoms with Crippen LogP contribution in [-0.4, -0.2) is 6.61 Å². The SMILES string of the molecule is CCOc1ccc(Cl)c(F)c1Cl. The second kappa shape index (κ2) is 3.97. The third kappa shape index (κ3) is 1.82. The van der Waals surface area contributed by atoms with Crippen molar-refractivity contribution in [2.24, 2.45) is 0 Å². The highest BCUT2D eigenvalue weighted by Crippen LogP contribution is 2.31. The average molecular weight is 209 g/mol. The van der Waals surface area contributed by atoms with Gasteiger partial charge in [-0.3, -0.25) is 0 Å². The number of benzene rings is 1. The van der Waals surface area contributed by atoms with Crippen molar-refractivity contribution < 1.29 is 9.13 Å². The molecule has 0 aliphatic heterocycles. The minimum absolute atomic E-state index is 0.00320. The van der Waals surface area contributed by atoms with Crippen LogP contribution in [0.4, 0.5) is 4.39 Å². The molecule has 0 unspecified atom stereocenters. The molecule has 4 heteroatoms. The van der Waals surface area contributed by atoms with Crippen molar-refractivity contribution in [3.05, 3.63) is 28.0 Å². The van der Waals surface area contributed by atoms with Crippen molar-refractivity contribution >= 4 is 23.2 Å². The van der Waals surface area contributed by atoms with Gasteiger partial charge < -0.3 is 4.74 Å². The van der Waals surface area contributed by atoms with Crippen LogP contribution in [0.2, 0.25) is 10.0 Å². The Morgan fingerprint density at radius 2 is 2.08 bits per heavy atom. The topological polar surface area (TPSA) is 9.23 Å². The molecule has 66 valence electrons. The monoisotopic (exact) mass is 208 g/mol. The fourth-order valence-corrected chi connectivity index (χ4v) is 1.20. The molecule has 0 saturated carbocycles. The highest BCUT2D eigenvalue weighted by atomic mass is 35.5. The molecule has 12 heavy (non-hydrogen) atoms. The van der Waals surface area contributed by atoms with Crippen molar-refractivity contribution in [2.45, 2.75) is 6.92 Å². The van der Waals surface area contributed by atoms with Gasteiger partial charge in [-0.15, -0.1) is 0 Å². The maximum atomic E-state index is 13.0. The zero-order chi connectivity index (χ0) is 9.14. The first-order valence-electron chi connectivity index (χ1n) is 3.43. The first-order valence-corrected chi connectivity index (χ1v) is 4.18. The molecule has 0 atom stereocenters. The van der Waals surface area contributed by atoms with Crippen molar-refractivity contribution in [2.75, 3.05) is 6.61 Å². The van der Waals surface area contributed by atoms with Gasteiger partial charge in [0.1, 0.15) is 10.8 Å². The van der Waals surface area contributed by atoms with Crippen LogP contribution in [0, 0.1) is 5.82 Å². The molecular weight excluding hydrogens is 202 g/mol. The van der Waals surface area contributed by atoms with Crippen LogP contribution in [0.25, 0.3) is 0 Å². The van der Waals surface area contributed by atoms with Gasteiger partial charge in [-0.05, 0) is 19.1 Å². The summed E-state index contributed by atoms with van der Waals surface area (Å²) < 4.78 is 18.0. The van der Waals surface area contributed by atoms with Gasteiger partial charge in [0.2, 0.25) is 0 Å². The van der Waals surface area contributed by atoms with Crippen LogP contribution < -0.4 is 4.74 Å². The first-order chi connectivity index (χ1) is 5.66. The molecule has 0 spiro atoms. The third-order valence-electron chi connectivity index (χ3n) is 1.30. The van der Waals surface area contributed by atoms with Crippen molar-refractivity contribution in [3.8, 4) is 5.75 Å². The van der Waals surface area contributed by atoms with Gasteiger partial charge in [0.15, 0.2) is 5.82 Å². The first kappa shape index (κ1) is 9.62. The van der Waals surface area contributed by atoms with Gasteiger partial charge in [-0.2, -0.15) is 0 Å². The molecule has 1 nitrogen and oxygen atoms in total. The third-order valence-corrected chi connectivity index (χ3v) is 1.94. The summed E-state index contributed by atoms with van der Waals surface area (Å²) in [7, 11) is 0. The maximum Gasteiger partial charge on any atom is 0.164 e. The second-order valence-corrected chi connectivity index (χ2v) is 2.89. The van der Waals surface area contributed by atoms with Gasteiger partial charge in [0, 0.05) is 0 Å². The van der Waals surface area contributed by atoms with Crippen LogP contribution in [0.15, 0.2) is 12.1 Å². The van der Waals surface area contributed by atoms with Crippen molar-refractivity contribution in [3.63, 3.8) is 0 Å².